The van der Waals surface area contributed by atoms with Gasteiger partial charge in [-0.3, -0.25) is 4.79 Å². The Labute approximate surface area is 144 Å². The maximum atomic E-state index is 12.7. The Morgan fingerprint density at radius 1 is 1.21 bits per heavy atom. The highest BCUT2D eigenvalue weighted by Crippen LogP contribution is 2.08. The number of carbonyl (C=O) groups is 2. The highest BCUT2D eigenvalue weighted by atomic mass is 16.5. The number of hydrogen-bond donors (Lipinski definition) is 2. The van der Waals surface area contributed by atoms with Crippen molar-refractivity contribution in [2.45, 2.75) is 38.8 Å². The van der Waals surface area contributed by atoms with Crippen molar-refractivity contribution in [1.82, 2.24) is 10.6 Å². The van der Waals surface area contributed by atoms with Crippen molar-refractivity contribution in [3.63, 3.8) is 0 Å². The molecule has 0 radical (unpaired) electrons. The van der Waals surface area contributed by atoms with Gasteiger partial charge in [-0.2, -0.15) is 0 Å². The van der Waals surface area contributed by atoms with Gasteiger partial charge in [-0.1, -0.05) is 50.3 Å². The van der Waals surface area contributed by atoms with Gasteiger partial charge in [0.15, 0.2) is 0 Å². The van der Waals surface area contributed by atoms with E-state index in [2.05, 4.69) is 17.2 Å². The summed E-state index contributed by atoms with van der Waals surface area (Å²) in [6.45, 7) is 8.18. The Morgan fingerprint density at radius 3 is 2.42 bits per heavy atom. The molecule has 2 N–H and O–H groups in total. The Bertz CT molecular complexity index is 529. The molecule has 1 rings (SSSR count). The van der Waals surface area contributed by atoms with Gasteiger partial charge in [-0.15, -0.1) is 6.58 Å². The molecule has 0 spiro atoms. The minimum atomic E-state index is -0.633. The van der Waals surface area contributed by atoms with Crippen molar-refractivity contribution in [3.8, 4) is 0 Å². The molecule has 5 heteroatoms. The standard InChI is InChI=1S/C19H28N2O3/c1-5-11-20-16(13-15-9-7-6-8-10-15)18(22)21-17(12-14(2)3)19(23)24-4/h5-10,14,16-17,20H,1,11-13H2,2-4H3,(H,21,22)/t16-,17-/m0/s1. The highest BCUT2D eigenvalue weighted by molar-refractivity contribution is 5.87. The predicted molar refractivity (Wildman–Crippen MR) is 95.5 cm³/mol. The molecule has 1 amide bonds. The molecule has 0 saturated carbocycles. The summed E-state index contributed by atoms with van der Waals surface area (Å²) in [7, 11) is 1.33. The van der Waals surface area contributed by atoms with Crippen LogP contribution in [0.1, 0.15) is 25.8 Å². The Balaban J connectivity index is 2.81. The second kappa shape index (κ2) is 10.6. The van der Waals surface area contributed by atoms with Gasteiger partial charge in [-0.25, -0.2) is 4.79 Å². The van der Waals surface area contributed by atoms with Gasteiger partial charge in [0.1, 0.15) is 6.04 Å². The maximum Gasteiger partial charge on any atom is 0.328 e. The fraction of sp³-hybridized carbons (Fsp3) is 0.474. The first-order valence-electron chi connectivity index (χ1n) is 8.24. The van der Waals surface area contributed by atoms with Gasteiger partial charge in [-0.05, 0) is 24.3 Å². The van der Waals surface area contributed by atoms with Gasteiger partial charge in [0.2, 0.25) is 5.91 Å². The molecule has 0 aliphatic heterocycles. The molecule has 1 aromatic carbocycles. The molecule has 0 heterocycles. The molecular formula is C19H28N2O3. The lowest BCUT2D eigenvalue weighted by Crippen LogP contribution is -2.51. The summed E-state index contributed by atoms with van der Waals surface area (Å²) in [6.07, 6.45) is 2.78. The Morgan fingerprint density at radius 2 is 1.88 bits per heavy atom. The summed E-state index contributed by atoms with van der Waals surface area (Å²) in [4.78, 5) is 24.6. The third-order valence-corrected chi connectivity index (χ3v) is 3.62. The van der Waals surface area contributed by atoms with Crippen molar-refractivity contribution >= 4 is 11.9 Å². The van der Waals surface area contributed by atoms with Crippen LogP contribution in [0, 0.1) is 5.92 Å². The summed E-state index contributed by atoms with van der Waals surface area (Å²) >= 11 is 0. The fourth-order valence-electron chi connectivity index (χ4n) is 2.43. The van der Waals surface area contributed by atoms with E-state index in [1.807, 2.05) is 44.2 Å². The number of benzene rings is 1. The fourth-order valence-corrected chi connectivity index (χ4v) is 2.43. The average molecular weight is 332 g/mol. The smallest absolute Gasteiger partial charge is 0.328 e. The number of hydrogen-bond acceptors (Lipinski definition) is 4. The molecule has 0 fully saturated rings. The van der Waals surface area contributed by atoms with E-state index in [0.717, 1.165) is 5.56 Å². The third kappa shape index (κ3) is 6.96. The van der Waals surface area contributed by atoms with E-state index in [9.17, 15) is 9.59 Å². The molecule has 24 heavy (non-hydrogen) atoms. The van der Waals surface area contributed by atoms with Crippen molar-refractivity contribution < 1.29 is 14.3 Å². The van der Waals surface area contributed by atoms with Crippen molar-refractivity contribution in [2.24, 2.45) is 5.92 Å². The van der Waals surface area contributed by atoms with Crippen LogP contribution < -0.4 is 10.6 Å². The summed E-state index contributed by atoms with van der Waals surface area (Å²) in [5.41, 5.74) is 1.05. The highest BCUT2D eigenvalue weighted by Gasteiger charge is 2.26. The van der Waals surface area contributed by atoms with Gasteiger partial charge >= 0.3 is 5.97 Å². The molecule has 0 aliphatic rings. The normalized spacial score (nSPS) is 13.2. The minimum Gasteiger partial charge on any atom is -0.467 e. The number of ether oxygens (including phenoxy) is 1. The molecule has 132 valence electrons. The van der Waals surface area contributed by atoms with Gasteiger partial charge in [0, 0.05) is 6.54 Å². The quantitative estimate of drug-likeness (QED) is 0.508. The van der Waals surface area contributed by atoms with E-state index < -0.39 is 18.1 Å². The van der Waals surface area contributed by atoms with Crippen molar-refractivity contribution in [1.29, 1.82) is 0 Å². The molecular weight excluding hydrogens is 304 g/mol. The van der Waals surface area contributed by atoms with Crippen LogP contribution in [0.4, 0.5) is 0 Å². The minimum absolute atomic E-state index is 0.211. The van der Waals surface area contributed by atoms with E-state index >= 15 is 0 Å². The molecule has 1 aromatic rings. The number of methoxy groups -OCH3 is 1. The number of rotatable bonds is 10. The van der Waals surface area contributed by atoms with Gasteiger partial charge < -0.3 is 15.4 Å². The van der Waals surface area contributed by atoms with Crippen LogP contribution in [-0.2, 0) is 20.7 Å². The number of amides is 1. The molecule has 0 aliphatic carbocycles. The van der Waals surface area contributed by atoms with Crippen LogP contribution >= 0.6 is 0 Å². The number of esters is 1. The molecule has 0 saturated heterocycles. The number of carbonyl (C=O) groups excluding carboxylic acids is 2. The van der Waals surface area contributed by atoms with Crippen LogP contribution in [0.2, 0.25) is 0 Å². The van der Waals surface area contributed by atoms with Crippen LogP contribution in [0.15, 0.2) is 43.0 Å². The lowest BCUT2D eigenvalue weighted by atomic mass is 10.0. The zero-order valence-electron chi connectivity index (χ0n) is 14.7. The second-order valence-corrected chi connectivity index (χ2v) is 6.15. The van der Waals surface area contributed by atoms with E-state index in [1.54, 1.807) is 6.08 Å². The Kier molecular flexibility index (Phi) is 8.79. The molecule has 0 aromatic heterocycles. The molecule has 0 bridgehead atoms. The predicted octanol–water partition coefficient (Wildman–Crippen LogP) is 2.08. The SMILES string of the molecule is C=CCN[C@@H](Cc1ccccc1)C(=O)N[C@@H](CC(C)C)C(=O)OC. The average Bonchev–Trinajstić information content (AvgIpc) is 2.57. The summed E-state index contributed by atoms with van der Waals surface area (Å²) in [5, 5.41) is 5.97. The maximum absolute atomic E-state index is 12.7. The first-order valence-corrected chi connectivity index (χ1v) is 8.24. The third-order valence-electron chi connectivity index (χ3n) is 3.62. The monoisotopic (exact) mass is 332 g/mol. The van der Waals surface area contributed by atoms with Crippen LogP contribution in [0.3, 0.4) is 0 Å². The number of nitrogens with one attached hydrogen (secondary N) is 2. The second-order valence-electron chi connectivity index (χ2n) is 6.15. The van der Waals surface area contributed by atoms with Crippen LogP contribution in [0.5, 0.6) is 0 Å². The van der Waals surface area contributed by atoms with E-state index in [4.69, 9.17) is 4.74 Å². The summed E-state index contributed by atoms with van der Waals surface area (Å²) in [6, 6.07) is 8.69. The zero-order chi connectivity index (χ0) is 17.9. The first kappa shape index (κ1) is 19.9. The van der Waals surface area contributed by atoms with Crippen LogP contribution in [0.25, 0.3) is 0 Å². The first-order chi connectivity index (χ1) is 11.5. The molecule has 2 atom stereocenters. The summed E-state index contributed by atoms with van der Waals surface area (Å²) < 4.78 is 4.80. The van der Waals surface area contributed by atoms with Crippen molar-refractivity contribution in [3.05, 3.63) is 48.6 Å². The summed E-state index contributed by atoms with van der Waals surface area (Å²) in [5.74, 6) is -0.362. The largest absolute Gasteiger partial charge is 0.467 e. The van der Waals surface area contributed by atoms with E-state index in [1.165, 1.54) is 7.11 Å². The topological polar surface area (TPSA) is 67.4 Å². The van der Waals surface area contributed by atoms with Crippen LogP contribution in [-0.4, -0.2) is 37.6 Å². The van der Waals surface area contributed by atoms with Gasteiger partial charge in [0.25, 0.3) is 0 Å². The lowest BCUT2D eigenvalue weighted by Gasteiger charge is -2.23. The Hall–Kier alpha value is -2.14. The molecule has 0 unspecified atom stereocenters. The van der Waals surface area contributed by atoms with E-state index in [0.29, 0.717) is 19.4 Å². The van der Waals surface area contributed by atoms with Crippen molar-refractivity contribution in [2.75, 3.05) is 13.7 Å². The zero-order valence-corrected chi connectivity index (χ0v) is 14.7. The lowest BCUT2D eigenvalue weighted by molar-refractivity contribution is -0.145. The van der Waals surface area contributed by atoms with E-state index in [-0.39, 0.29) is 11.8 Å². The van der Waals surface area contributed by atoms with Gasteiger partial charge in [0.05, 0.1) is 13.2 Å². The molecule has 5 nitrogen and oxygen atoms in total.